The Kier molecular flexibility index (Phi) is 6.21. The van der Waals surface area contributed by atoms with Gasteiger partial charge in [0.05, 0.1) is 20.6 Å². The van der Waals surface area contributed by atoms with E-state index >= 15 is 0 Å². The molecule has 1 N–H and O–H groups in total. The minimum atomic E-state index is -1.28. The average molecular weight is 567 g/mol. The Balaban J connectivity index is 1.52. The summed E-state index contributed by atoms with van der Waals surface area (Å²) >= 11 is 2.56. The maximum absolute atomic E-state index is 13.3. The fourth-order valence-electron chi connectivity index (χ4n) is 5.62. The predicted octanol–water partition coefficient (Wildman–Crippen LogP) is 4.86. The second kappa shape index (κ2) is 9.16. The zero-order valence-corrected chi connectivity index (χ0v) is 21.1. The molecule has 2 aliphatic rings. The van der Waals surface area contributed by atoms with Crippen LogP contribution in [0.2, 0.25) is 0 Å². The van der Waals surface area contributed by atoms with Crippen molar-refractivity contribution in [1.82, 2.24) is 14.5 Å². The van der Waals surface area contributed by atoms with E-state index in [1.165, 1.54) is 0 Å². The van der Waals surface area contributed by atoms with E-state index in [-0.39, 0.29) is 21.7 Å². The van der Waals surface area contributed by atoms with Crippen LogP contribution in [0.25, 0.3) is 11.0 Å². The molecule has 0 aliphatic carbocycles. The molecule has 2 saturated heterocycles. The van der Waals surface area contributed by atoms with Gasteiger partial charge in [-0.3, -0.25) is 9.69 Å². The van der Waals surface area contributed by atoms with Gasteiger partial charge in [0.2, 0.25) is 5.69 Å². The molecule has 6 nitrogen and oxygen atoms in total. The molecule has 2 aromatic carbocycles. The SMILES string of the molecule is CCC(C#Cc1ccccc1)N1[C@H]2CC[C@]1(I)C[C@H](n1c(=O)c(C(=O)O)nc3ccccc31)C2. The summed E-state index contributed by atoms with van der Waals surface area (Å²) in [6, 6.07) is 17.7. The molecule has 3 heterocycles. The number of piperidine rings is 1. The molecule has 2 bridgehead atoms. The number of nitrogens with zero attached hydrogens (tertiary/aromatic N) is 3. The molecule has 1 aromatic heterocycles. The molecular weight excluding hydrogens is 541 g/mol. The molecular formula is C27H26IN3O3. The van der Waals surface area contributed by atoms with Gasteiger partial charge in [0, 0.05) is 17.6 Å². The lowest BCUT2D eigenvalue weighted by Crippen LogP contribution is -2.54. The fourth-order valence-corrected chi connectivity index (χ4v) is 7.17. The highest BCUT2D eigenvalue weighted by Gasteiger charge is 2.53. The smallest absolute Gasteiger partial charge is 0.360 e. The molecule has 0 amide bonds. The Labute approximate surface area is 212 Å². The quantitative estimate of drug-likeness (QED) is 0.211. The Bertz CT molecular complexity index is 1360. The Morgan fingerprint density at radius 2 is 1.94 bits per heavy atom. The third kappa shape index (κ3) is 4.03. The Hall–Kier alpha value is -2.70. The van der Waals surface area contributed by atoms with E-state index in [0.29, 0.717) is 11.0 Å². The lowest BCUT2D eigenvalue weighted by molar-refractivity contribution is 0.0677. The summed E-state index contributed by atoms with van der Waals surface area (Å²) in [5.41, 5.74) is 1.33. The van der Waals surface area contributed by atoms with Crippen molar-refractivity contribution < 1.29 is 9.90 Å². The first-order chi connectivity index (χ1) is 16.4. The molecule has 0 spiro atoms. The number of aromatic nitrogens is 2. The first-order valence-corrected chi connectivity index (χ1v) is 12.8. The van der Waals surface area contributed by atoms with E-state index in [2.05, 4.69) is 51.2 Å². The van der Waals surface area contributed by atoms with Crippen LogP contribution in [0.4, 0.5) is 0 Å². The van der Waals surface area contributed by atoms with Crippen molar-refractivity contribution in [2.24, 2.45) is 0 Å². The van der Waals surface area contributed by atoms with Gasteiger partial charge in [-0.25, -0.2) is 9.78 Å². The fraction of sp³-hybridized carbons (Fsp3) is 0.370. The summed E-state index contributed by atoms with van der Waals surface area (Å²) in [5.74, 6) is 5.59. The van der Waals surface area contributed by atoms with Crippen LogP contribution in [0, 0.1) is 11.8 Å². The standard InChI is InChI=1S/C27H26IN3O3/c1-2-19(13-12-18-8-4-3-5-9-18)31-20-14-15-27(31,28)17-21(16-20)30-23-11-7-6-10-22(23)29-24(25(30)32)26(33)34/h3-11,19-21H,2,14-17H2,1H3,(H,33,34)/t19?,20-,21+,27+/m0/s1. The van der Waals surface area contributed by atoms with Crippen molar-refractivity contribution in [2.75, 3.05) is 0 Å². The lowest BCUT2D eigenvalue weighted by atomic mass is 9.94. The normalized spacial score (nSPS) is 25.0. The molecule has 34 heavy (non-hydrogen) atoms. The summed E-state index contributed by atoms with van der Waals surface area (Å²) in [6.07, 6.45) is 4.56. The topological polar surface area (TPSA) is 75.4 Å². The van der Waals surface area contributed by atoms with E-state index in [1.807, 2.05) is 48.5 Å². The largest absolute Gasteiger partial charge is 0.476 e. The Morgan fingerprint density at radius 3 is 2.65 bits per heavy atom. The minimum absolute atomic E-state index is 0.0845. The number of halogens is 1. The van der Waals surface area contributed by atoms with Gasteiger partial charge in [0.1, 0.15) is 0 Å². The number of rotatable bonds is 4. The molecule has 0 radical (unpaired) electrons. The van der Waals surface area contributed by atoms with Gasteiger partial charge >= 0.3 is 5.97 Å². The van der Waals surface area contributed by atoms with Gasteiger partial charge in [-0.05, 0) is 56.4 Å². The first kappa shape index (κ1) is 23.1. The summed E-state index contributed by atoms with van der Waals surface area (Å²) in [5, 5.41) is 9.61. The minimum Gasteiger partial charge on any atom is -0.476 e. The van der Waals surface area contributed by atoms with E-state index in [4.69, 9.17) is 0 Å². The molecule has 174 valence electrons. The van der Waals surface area contributed by atoms with Crippen molar-refractivity contribution in [3.8, 4) is 11.8 Å². The summed E-state index contributed by atoms with van der Waals surface area (Å²) < 4.78 is 1.57. The number of aromatic carboxylic acids is 1. The molecule has 0 saturated carbocycles. The van der Waals surface area contributed by atoms with Crippen LogP contribution in [0.1, 0.15) is 61.1 Å². The number of carbonyl (C=O) groups is 1. The van der Waals surface area contributed by atoms with Crippen LogP contribution < -0.4 is 5.56 Å². The second-order valence-electron chi connectivity index (χ2n) is 9.10. The second-order valence-corrected chi connectivity index (χ2v) is 11.1. The Morgan fingerprint density at radius 1 is 1.21 bits per heavy atom. The number of hydrogen-bond donors (Lipinski definition) is 1. The van der Waals surface area contributed by atoms with Crippen LogP contribution >= 0.6 is 22.6 Å². The van der Waals surface area contributed by atoms with E-state index in [9.17, 15) is 14.7 Å². The third-order valence-corrected chi connectivity index (χ3v) is 8.59. The van der Waals surface area contributed by atoms with Crippen LogP contribution in [0.15, 0.2) is 59.4 Å². The van der Waals surface area contributed by atoms with Crippen molar-refractivity contribution in [3.05, 3.63) is 76.2 Å². The maximum atomic E-state index is 13.3. The molecule has 2 fully saturated rings. The van der Waals surface area contributed by atoms with E-state index in [1.54, 1.807) is 10.6 Å². The highest BCUT2D eigenvalue weighted by Crippen LogP contribution is 2.53. The van der Waals surface area contributed by atoms with Crippen LogP contribution in [0.3, 0.4) is 0 Å². The summed E-state index contributed by atoms with van der Waals surface area (Å²) in [7, 11) is 0. The van der Waals surface area contributed by atoms with Crippen LogP contribution in [-0.2, 0) is 0 Å². The van der Waals surface area contributed by atoms with Crippen LogP contribution in [-0.4, -0.2) is 41.2 Å². The maximum Gasteiger partial charge on any atom is 0.360 e. The number of fused-ring (bicyclic) bond motifs is 3. The first-order valence-electron chi connectivity index (χ1n) is 11.7. The van der Waals surface area contributed by atoms with Crippen molar-refractivity contribution >= 4 is 39.6 Å². The molecule has 2 aliphatic heterocycles. The van der Waals surface area contributed by atoms with Gasteiger partial charge in [0.25, 0.3) is 5.56 Å². The van der Waals surface area contributed by atoms with Gasteiger partial charge in [-0.15, -0.1) is 0 Å². The number of benzene rings is 2. The highest BCUT2D eigenvalue weighted by atomic mass is 127. The zero-order chi connectivity index (χ0) is 23.9. The number of carboxylic acid groups (broad SMARTS) is 1. The predicted molar refractivity (Wildman–Crippen MR) is 140 cm³/mol. The molecule has 1 unspecified atom stereocenters. The zero-order valence-electron chi connectivity index (χ0n) is 18.9. The third-order valence-electron chi connectivity index (χ3n) is 7.05. The van der Waals surface area contributed by atoms with Gasteiger partial charge in [0.15, 0.2) is 0 Å². The van der Waals surface area contributed by atoms with Crippen molar-refractivity contribution in [1.29, 1.82) is 0 Å². The van der Waals surface area contributed by atoms with Gasteiger partial charge in [-0.1, -0.05) is 71.7 Å². The van der Waals surface area contributed by atoms with Crippen LogP contribution in [0.5, 0.6) is 0 Å². The number of alkyl halides is 1. The summed E-state index contributed by atoms with van der Waals surface area (Å²) in [4.78, 5) is 31.8. The molecule has 7 heteroatoms. The van der Waals surface area contributed by atoms with E-state index < -0.39 is 17.2 Å². The van der Waals surface area contributed by atoms with E-state index in [0.717, 1.165) is 37.7 Å². The molecule has 4 atom stereocenters. The van der Waals surface area contributed by atoms with Gasteiger partial charge in [-0.2, -0.15) is 0 Å². The van der Waals surface area contributed by atoms with Crippen molar-refractivity contribution in [3.63, 3.8) is 0 Å². The molecule has 3 aromatic rings. The van der Waals surface area contributed by atoms with Gasteiger partial charge < -0.3 is 9.67 Å². The number of hydrogen-bond acceptors (Lipinski definition) is 4. The monoisotopic (exact) mass is 567 g/mol. The summed E-state index contributed by atoms with van der Waals surface area (Å²) in [6.45, 7) is 2.18. The molecule has 5 rings (SSSR count). The average Bonchev–Trinajstić information content (AvgIpc) is 3.04. The number of carboxylic acids is 1. The lowest BCUT2D eigenvalue weighted by Gasteiger charge is -2.47. The number of para-hydroxylation sites is 2. The van der Waals surface area contributed by atoms with Crippen molar-refractivity contribution in [2.45, 2.75) is 60.7 Å². The highest BCUT2D eigenvalue weighted by molar-refractivity contribution is 14.1.